The maximum Gasteiger partial charge on any atom is 0.416 e. The van der Waals surface area contributed by atoms with Crippen molar-refractivity contribution < 1.29 is 22.8 Å². The summed E-state index contributed by atoms with van der Waals surface area (Å²) in [7, 11) is 1.81. The highest BCUT2D eigenvalue weighted by Crippen LogP contribution is 2.32. The lowest BCUT2D eigenvalue weighted by molar-refractivity contribution is -0.137. The highest BCUT2D eigenvalue weighted by molar-refractivity contribution is 6.06. The number of amides is 2. The molecule has 0 aliphatic heterocycles. The zero-order valence-electron chi connectivity index (χ0n) is 19.7. The molecular weight excluding hydrogens is 455 g/mol. The molecule has 2 aromatic carbocycles. The second kappa shape index (κ2) is 9.98. The number of nitrogens with one attached hydrogen (secondary N) is 1. The van der Waals surface area contributed by atoms with E-state index < -0.39 is 17.6 Å². The number of hydrogen-bond donors (Lipinski definition) is 1. The Morgan fingerprint density at radius 1 is 1.06 bits per heavy atom. The molecule has 3 aromatic rings. The number of halogens is 3. The number of nitrogens with zero attached hydrogens (tertiary/aromatic N) is 2. The van der Waals surface area contributed by atoms with Crippen molar-refractivity contribution >= 4 is 17.5 Å². The first-order chi connectivity index (χ1) is 16.6. The van der Waals surface area contributed by atoms with Crippen LogP contribution in [0.3, 0.4) is 0 Å². The van der Waals surface area contributed by atoms with Gasteiger partial charge in [-0.25, -0.2) is 0 Å². The van der Waals surface area contributed by atoms with E-state index in [9.17, 15) is 22.8 Å². The minimum atomic E-state index is -4.49. The number of benzene rings is 2. The Balaban J connectivity index is 1.56. The molecule has 1 N–H and O–H groups in total. The number of hydrogen-bond acceptors (Lipinski definition) is 2. The zero-order valence-corrected chi connectivity index (χ0v) is 19.7. The topological polar surface area (TPSA) is 54.3 Å². The van der Waals surface area contributed by atoms with Crippen molar-refractivity contribution in [3.8, 4) is 11.3 Å². The number of anilines is 1. The van der Waals surface area contributed by atoms with Crippen molar-refractivity contribution in [1.82, 2.24) is 9.47 Å². The zero-order chi connectivity index (χ0) is 25.2. The van der Waals surface area contributed by atoms with Gasteiger partial charge in [0.05, 0.1) is 11.1 Å². The fourth-order valence-electron chi connectivity index (χ4n) is 4.20. The molecule has 1 aromatic heterocycles. The third-order valence-electron chi connectivity index (χ3n) is 6.31. The van der Waals surface area contributed by atoms with E-state index in [1.165, 1.54) is 12.1 Å². The van der Waals surface area contributed by atoms with Crippen LogP contribution in [0.2, 0.25) is 0 Å². The minimum absolute atomic E-state index is 0.0819. The average molecular weight is 484 g/mol. The standard InChI is InChI=1S/C27H28F3N3O2/c1-18-23(25(34)31-22-11-6-10-21(16-22)27(28,29)30)17-24(19-8-4-3-5-9-19)33(18)15-7-14-32(2)26(35)20-12-13-20/h3-6,8-11,16-17,20H,7,12-15H2,1-2H3,(H,31,34). The molecule has 0 unspecified atom stereocenters. The Bertz CT molecular complexity index is 1210. The molecule has 1 aliphatic rings. The minimum Gasteiger partial charge on any atom is -0.345 e. The first-order valence-electron chi connectivity index (χ1n) is 11.6. The molecule has 0 radical (unpaired) electrons. The summed E-state index contributed by atoms with van der Waals surface area (Å²) in [5.41, 5.74) is 2.13. The Morgan fingerprint density at radius 3 is 2.43 bits per heavy atom. The van der Waals surface area contributed by atoms with Crippen molar-refractivity contribution in [3.05, 3.63) is 77.5 Å². The van der Waals surface area contributed by atoms with Gasteiger partial charge in [0.25, 0.3) is 5.91 Å². The van der Waals surface area contributed by atoms with Gasteiger partial charge in [0.1, 0.15) is 0 Å². The third kappa shape index (κ3) is 5.75. The summed E-state index contributed by atoms with van der Waals surface area (Å²) >= 11 is 0. The maximum atomic E-state index is 13.1. The SMILES string of the molecule is Cc1c(C(=O)Nc2cccc(C(F)(F)F)c2)cc(-c2ccccc2)n1CCCN(C)C(=O)C1CC1. The predicted octanol–water partition coefficient (Wildman–Crippen LogP) is 5.99. The summed E-state index contributed by atoms with van der Waals surface area (Å²) in [4.78, 5) is 27.1. The van der Waals surface area contributed by atoms with E-state index in [1.54, 1.807) is 11.0 Å². The average Bonchev–Trinajstić information content (AvgIpc) is 3.63. The van der Waals surface area contributed by atoms with Crippen molar-refractivity contribution in [2.75, 3.05) is 18.9 Å². The van der Waals surface area contributed by atoms with Crippen LogP contribution in [-0.2, 0) is 17.5 Å². The lowest BCUT2D eigenvalue weighted by atomic mass is 10.1. The third-order valence-corrected chi connectivity index (χ3v) is 6.31. The van der Waals surface area contributed by atoms with E-state index in [2.05, 4.69) is 5.32 Å². The summed E-state index contributed by atoms with van der Waals surface area (Å²) in [5.74, 6) is -0.128. The number of alkyl halides is 3. The van der Waals surface area contributed by atoms with E-state index >= 15 is 0 Å². The highest BCUT2D eigenvalue weighted by Gasteiger charge is 2.32. The normalized spacial score (nSPS) is 13.5. The van der Waals surface area contributed by atoms with Crippen LogP contribution in [0.4, 0.5) is 18.9 Å². The molecule has 0 spiro atoms. The first-order valence-corrected chi connectivity index (χ1v) is 11.6. The summed E-state index contributed by atoms with van der Waals surface area (Å²) in [6, 6.07) is 16.0. The van der Waals surface area contributed by atoms with Crippen LogP contribution in [0, 0.1) is 12.8 Å². The first kappa shape index (κ1) is 24.6. The Labute approximate surface area is 202 Å². The van der Waals surface area contributed by atoms with Crippen molar-refractivity contribution in [2.24, 2.45) is 5.92 Å². The molecule has 1 aliphatic carbocycles. The van der Waals surface area contributed by atoms with Gasteiger partial charge >= 0.3 is 6.18 Å². The van der Waals surface area contributed by atoms with Gasteiger partial charge in [-0.05, 0) is 56.0 Å². The number of carbonyl (C=O) groups excluding carboxylic acids is 2. The van der Waals surface area contributed by atoms with Gasteiger partial charge in [0.15, 0.2) is 0 Å². The van der Waals surface area contributed by atoms with Crippen LogP contribution in [0.1, 0.15) is 40.9 Å². The number of rotatable bonds is 8. The van der Waals surface area contributed by atoms with E-state index in [1.807, 2.05) is 48.9 Å². The van der Waals surface area contributed by atoms with Gasteiger partial charge in [-0.1, -0.05) is 36.4 Å². The molecule has 0 bridgehead atoms. The van der Waals surface area contributed by atoms with Gasteiger partial charge in [-0.15, -0.1) is 0 Å². The molecule has 1 fully saturated rings. The van der Waals surface area contributed by atoms with Crippen LogP contribution in [0.25, 0.3) is 11.3 Å². The van der Waals surface area contributed by atoms with Crippen LogP contribution in [0.15, 0.2) is 60.7 Å². The van der Waals surface area contributed by atoms with Gasteiger partial charge in [-0.3, -0.25) is 9.59 Å². The van der Waals surface area contributed by atoms with E-state index in [0.29, 0.717) is 30.8 Å². The van der Waals surface area contributed by atoms with Gasteiger partial charge < -0.3 is 14.8 Å². The highest BCUT2D eigenvalue weighted by atomic mass is 19.4. The molecule has 1 heterocycles. The summed E-state index contributed by atoms with van der Waals surface area (Å²) in [5, 5.41) is 2.61. The second-order valence-corrected chi connectivity index (χ2v) is 8.97. The van der Waals surface area contributed by atoms with Crippen LogP contribution < -0.4 is 5.32 Å². The molecule has 2 amide bonds. The van der Waals surface area contributed by atoms with Gasteiger partial charge in [0, 0.05) is 43.1 Å². The fourth-order valence-corrected chi connectivity index (χ4v) is 4.20. The predicted molar refractivity (Wildman–Crippen MR) is 129 cm³/mol. The van der Waals surface area contributed by atoms with Gasteiger partial charge in [-0.2, -0.15) is 13.2 Å². The van der Waals surface area contributed by atoms with Crippen molar-refractivity contribution in [2.45, 2.75) is 38.9 Å². The molecule has 5 nitrogen and oxygen atoms in total. The molecule has 4 rings (SSSR count). The van der Waals surface area contributed by atoms with Crippen LogP contribution >= 0.6 is 0 Å². The monoisotopic (exact) mass is 483 g/mol. The Morgan fingerprint density at radius 2 is 1.77 bits per heavy atom. The largest absolute Gasteiger partial charge is 0.416 e. The molecule has 35 heavy (non-hydrogen) atoms. The van der Waals surface area contributed by atoms with E-state index in [0.717, 1.165) is 36.2 Å². The summed E-state index contributed by atoms with van der Waals surface area (Å²) in [6.07, 6.45) is -1.86. The summed E-state index contributed by atoms with van der Waals surface area (Å²) < 4.78 is 41.2. The number of carbonyl (C=O) groups is 2. The number of aromatic nitrogens is 1. The van der Waals surface area contributed by atoms with Crippen molar-refractivity contribution in [1.29, 1.82) is 0 Å². The van der Waals surface area contributed by atoms with Crippen LogP contribution in [-0.4, -0.2) is 34.9 Å². The van der Waals surface area contributed by atoms with Crippen molar-refractivity contribution in [3.63, 3.8) is 0 Å². The fraction of sp³-hybridized carbons (Fsp3) is 0.333. The van der Waals surface area contributed by atoms with Gasteiger partial charge in [0.2, 0.25) is 5.91 Å². The lowest BCUT2D eigenvalue weighted by Crippen LogP contribution is -2.29. The summed E-state index contributed by atoms with van der Waals surface area (Å²) in [6.45, 7) is 3.02. The van der Waals surface area contributed by atoms with E-state index in [-0.39, 0.29) is 17.5 Å². The quantitative estimate of drug-likeness (QED) is 0.428. The van der Waals surface area contributed by atoms with E-state index in [4.69, 9.17) is 0 Å². The Kier molecular flexibility index (Phi) is 7.00. The lowest BCUT2D eigenvalue weighted by Gasteiger charge is -2.18. The molecular formula is C27H28F3N3O2. The molecule has 184 valence electrons. The molecule has 0 saturated heterocycles. The Hall–Kier alpha value is -3.55. The smallest absolute Gasteiger partial charge is 0.345 e. The molecule has 0 atom stereocenters. The van der Waals surface area contributed by atoms with Crippen LogP contribution in [0.5, 0.6) is 0 Å². The second-order valence-electron chi connectivity index (χ2n) is 8.97. The molecule has 8 heteroatoms. The molecule has 1 saturated carbocycles. The maximum absolute atomic E-state index is 13.1.